The van der Waals surface area contributed by atoms with Gasteiger partial charge in [-0.15, -0.1) is 0 Å². The molecule has 2 rings (SSSR count). The molecule has 1 heterocycles. The van der Waals surface area contributed by atoms with Gasteiger partial charge in [0.2, 0.25) is 0 Å². The highest BCUT2D eigenvalue weighted by Crippen LogP contribution is 2.27. The average molecular weight is 204 g/mol. The number of hydrogen-bond acceptors (Lipinski definition) is 2. The Kier molecular flexibility index (Phi) is 3.27. The summed E-state index contributed by atoms with van der Waals surface area (Å²) in [5, 5.41) is 3.15. The van der Waals surface area contributed by atoms with Crippen LogP contribution in [0.3, 0.4) is 0 Å². The second-order valence-corrected chi connectivity index (χ2v) is 4.25. The molecule has 0 bridgehead atoms. The Morgan fingerprint density at radius 3 is 2.60 bits per heavy atom. The van der Waals surface area contributed by atoms with Crippen LogP contribution in [0.15, 0.2) is 24.3 Å². The highest BCUT2D eigenvalue weighted by molar-refractivity contribution is 5.44. The Bertz CT molecular complexity index is 305. The van der Waals surface area contributed by atoms with Crippen molar-refractivity contribution >= 4 is 5.69 Å². The Balaban J connectivity index is 2.04. The van der Waals surface area contributed by atoms with E-state index < -0.39 is 0 Å². The van der Waals surface area contributed by atoms with Gasteiger partial charge >= 0.3 is 0 Å². The molecule has 0 radical (unpaired) electrons. The minimum atomic E-state index is 0.746. The van der Waals surface area contributed by atoms with Gasteiger partial charge < -0.3 is 10.2 Å². The van der Waals surface area contributed by atoms with E-state index >= 15 is 0 Å². The number of likely N-dealkylation sites (N-methyl/N-ethyl adjacent to an activating group) is 1. The first-order valence-electron chi connectivity index (χ1n) is 5.83. The molecule has 0 spiro atoms. The van der Waals surface area contributed by atoms with Crippen LogP contribution in [-0.4, -0.2) is 31.6 Å². The zero-order chi connectivity index (χ0) is 10.7. The highest BCUT2D eigenvalue weighted by Gasteiger charge is 2.22. The quantitative estimate of drug-likeness (QED) is 0.814. The third kappa shape index (κ3) is 2.32. The molecule has 0 aromatic heterocycles. The largest absolute Gasteiger partial charge is 0.388 e. The predicted molar refractivity (Wildman–Crippen MR) is 65.5 cm³/mol. The average Bonchev–Trinajstić information content (AvgIpc) is 2.78. The Morgan fingerprint density at radius 1 is 1.33 bits per heavy atom. The van der Waals surface area contributed by atoms with Gasteiger partial charge in [-0.25, -0.2) is 0 Å². The zero-order valence-electron chi connectivity index (χ0n) is 9.66. The summed E-state index contributed by atoms with van der Waals surface area (Å²) in [5.41, 5.74) is 2.69. The van der Waals surface area contributed by atoms with E-state index in [1.54, 1.807) is 0 Å². The Morgan fingerprint density at radius 2 is 2.07 bits per heavy atom. The maximum atomic E-state index is 3.15. The highest BCUT2D eigenvalue weighted by atomic mass is 15.1. The fourth-order valence-corrected chi connectivity index (χ4v) is 2.31. The van der Waals surface area contributed by atoms with Gasteiger partial charge in [-0.2, -0.15) is 0 Å². The maximum absolute atomic E-state index is 3.15. The molecule has 1 aromatic carbocycles. The van der Waals surface area contributed by atoms with Crippen molar-refractivity contribution in [1.82, 2.24) is 4.90 Å². The fourth-order valence-electron chi connectivity index (χ4n) is 2.31. The molecule has 2 nitrogen and oxygen atoms in total. The second-order valence-electron chi connectivity index (χ2n) is 4.25. The van der Waals surface area contributed by atoms with Gasteiger partial charge in [-0.1, -0.05) is 19.1 Å². The first-order chi connectivity index (χ1) is 7.33. The number of benzene rings is 1. The number of nitrogens with one attached hydrogen (secondary N) is 1. The lowest BCUT2D eigenvalue weighted by molar-refractivity contribution is 0.354. The second kappa shape index (κ2) is 4.67. The summed E-state index contributed by atoms with van der Waals surface area (Å²) < 4.78 is 0. The SMILES string of the molecule is CCN1CCC(c2ccc(NC)cc2)C1. The van der Waals surface area contributed by atoms with Crippen LogP contribution in [0.2, 0.25) is 0 Å². The molecule has 1 unspecified atom stereocenters. The Hall–Kier alpha value is -1.02. The molecule has 82 valence electrons. The van der Waals surface area contributed by atoms with Gasteiger partial charge in [0.15, 0.2) is 0 Å². The third-order valence-electron chi connectivity index (χ3n) is 3.39. The summed E-state index contributed by atoms with van der Waals surface area (Å²) >= 11 is 0. The summed E-state index contributed by atoms with van der Waals surface area (Å²) in [4.78, 5) is 2.52. The van der Waals surface area contributed by atoms with E-state index in [0.717, 1.165) is 5.92 Å². The zero-order valence-corrected chi connectivity index (χ0v) is 9.66. The van der Waals surface area contributed by atoms with Gasteiger partial charge in [0, 0.05) is 19.3 Å². The number of likely N-dealkylation sites (tertiary alicyclic amines) is 1. The molecule has 1 aliphatic rings. The molecule has 0 amide bonds. The monoisotopic (exact) mass is 204 g/mol. The molecule has 15 heavy (non-hydrogen) atoms. The molecule has 1 aliphatic heterocycles. The van der Waals surface area contributed by atoms with Crippen LogP contribution in [0.1, 0.15) is 24.8 Å². The first kappa shape index (κ1) is 10.5. The predicted octanol–water partition coefficient (Wildman–Crippen LogP) is 2.54. The van der Waals surface area contributed by atoms with E-state index in [4.69, 9.17) is 0 Å². The lowest BCUT2D eigenvalue weighted by atomic mass is 9.98. The third-order valence-corrected chi connectivity index (χ3v) is 3.39. The molecular formula is C13H20N2. The van der Waals surface area contributed by atoms with Crippen LogP contribution in [0.5, 0.6) is 0 Å². The number of rotatable bonds is 3. The van der Waals surface area contributed by atoms with E-state index in [1.807, 2.05) is 7.05 Å². The maximum Gasteiger partial charge on any atom is 0.0337 e. The van der Waals surface area contributed by atoms with Crippen molar-refractivity contribution in [3.05, 3.63) is 29.8 Å². The van der Waals surface area contributed by atoms with Crippen molar-refractivity contribution < 1.29 is 0 Å². The van der Waals surface area contributed by atoms with Crippen molar-refractivity contribution in [1.29, 1.82) is 0 Å². The summed E-state index contributed by atoms with van der Waals surface area (Å²) in [5.74, 6) is 0.746. The van der Waals surface area contributed by atoms with Crippen molar-refractivity contribution in [3.63, 3.8) is 0 Å². The van der Waals surface area contributed by atoms with E-state index in [9.17, 15) is 0 Å². The number of nitrogens with zero attached hydrogens (tertiary/aromatic N) is 1. The topological polar surface area (TPSA) is 15.3 Å². The molecule has 0 aliphatic carbocycles. The molecule has 1 aromatic rings. The first-order valence-corrected chi connectivity index (χ1v) is 5.83. The molecule has 1 saturated heterocycles. The van der Waals surface area contributed by atoms with Crippen molar-refractivity contribution in [3.8, 4) is 0 Å². The van der Waals surface area contributed by atoms with Gasteiger partial charge in [0.25, 0.3) is 0 Å². The van der Waals surface area contributed by atoms with Crippen molar-refractivity contribution in [2.24, 2.45) is 0 Å². The fraction of sp³-hybridized carbons (Fsp3) is 0.538. The Labute approximate surface area is 92.3 Å². The molecule has 0 saturated carbocycles. The van der Waals surface area contributed by atoms with Gasteiger partial charge in [0.1, 0.15) is 0 Å². The molecule has 2 heteroatoms. The van der Waals surface area contributed by atoms with Crippen LogP contribution in [0, 0.1) is 0 Å². The summed E-state index contributed by atoms with van der Waals surface area (Å²) in [7, 11) is 1.96. The van der Waals surface area contributed by atoms with Gasteiger partial charge in [0.05, 0.1) is 0 Å². The summed E-state index contributed by atoms with van der Waals surface area (Å²) in [6, 6.07) is 8.86. The standard InChI is InChI=1S/C13H20N2/c1-3-15-9-8-12(10-15)11-4-6-13(14-2)7-5-11/h4-7,12,14H,3,8-10H2,1-2H3. The number of anilines is 1. The summed E-state index contributed by atoms with van der Waals surface area (Å²) in [6.45, 7) is 5.92. The lowest BCUT2D eigenvalue weighted by Crippen LogP contribution is -2.19. The van der Waals surface area contributed by atoms with E-state index in [2.05, 4.69) is 41.4 Å². The summed E-state index contributed by atoms with van der Waals surface area (Å²) in [6.07, 6.45) is 1.31. The molecule has 1 atom stereocenters. The molecule has 1 N–H and O–H groups in total. The lowest BCUT2D eigenvalue weighted by Gasteiger charge is -2.13. The number of hydrogen-bond donors (Lipinski definition) is 1. The smallest absolute Gasteiger partial charge is 0.0337 e. The van der Waals surface area contributed by atoms with Crippen molar-refractivity contribution in [2.75, 3.05) is 32.0 Å². The van der Waals surface area contributed by atoms with Crippen LogP contribution >= 0.6 is 0 Å². The van der Waals surface area contributed by atoms with E-state index in [1.165, 1.54) is 37.3 Å². The molecule has 1 fully saturated rings. The van der Waals surface area contributed by atoms with Gasteiger partial charge in [-0.3, -0.25) is 0 Å². The van der Waals surface area contributed by atoms with Crippen LogP contribution in [0.4, 0.5) is 5.69 Å². The van der Waals surface area contributed by atoms with Crippen LogP contribution in [0.25, 0.3) is 0 Å². The van der Waals surface area contributed by atoms with E-state index in [-0.39, 0.29) is 0 Å². The van der Waals surface area contributed by atoms with Crippen molar-refractivity contribution in [2.45, 2.75) is 19.3 Å². The normalized spacial score (nSPS) is 21.9. The van der Waals surface area contributed by atoms with Gasteiger partial charge in [-0.05, 0) is 43.1 Å². The molecular weight excluding hydrogens is 184 g/mol. The van der Waals surface area contributed by atoms with Crippen LogP contribution < -0.4 is 5.32 Å². The van der Waals surface area contributed by atoms with E-state index in [0.29, 0.717) is 0 Å². The minimum Gasteiger partial charge on any atom is -0.388 e. The minimum absolute atomic E-state index is 0.746. The van der Waals surface area contributed by atoms with Crippen LogP contribution in [-0.2, 0) is 0 Å².